The number of aromatic nitrogens is 4. The summed E-state index contributed by atoms with van der Waals surface area (Å²) in [6.07, 6.45) is 3.66. The summed E-state index contributed by atoms with van der Waals surface area (Å²) >= 11 is 0. The molecular weight excluding hydrogens is 817 g/mol. The Bertz CT molecular complexity index is 3900. The Balaban J connectivity index is 1.17. The fraction of sp³-hybridized carbons (Fsp3) is 0. The Labute approximate surface area is 378 Å². The lowest BCUT2D eigenvalue weighted by atomic mass is 9.97. The van der Waals surface area contributed by atoms with Crippen molar-refractivity contribution in [3.8, 4) is 73.3 Å². The third-order valence-corrected chi connectivity index (χ3v) is 12.6. The van der Waals surface area contributed by atoms with Crippen LogP contribution in [0.1, 0.15) is 5.56 Å². The molecule has 12 rings (SSSR count). The first-order valence-electron chi connectivity index (χ1n) is 21.7. The number of benzene rings is 8. The van der Waals surface area contributed by atoms with Gasteiger partial charge in [-0.05, 0) is 95.1 Å². The van der Waals surface area contributed by atoms with E-state index in [1.165, 1.54) is 18.2 Å². The lowest BCUT2D eigenvalue weighted by Gasteiger charge is -2.20. The molecule has 0 unspecified atom stereocenters. The minimum Gasteiger partial charge on any atom is -0.307 e. The van der Waals surface area contributed by atoms with Crippen LogP contribution in [-0.2, 0) is 0 Å². The summed E-state index contributed by atoms with van der Waals surface area (Å²) in [7, 11) is 0. The summed E-state index contributed by atoms with van der Waals surface area (Å²) in [5, 5.41) is 15.0. The van der Waals surface area contributed by atoms with E-state index in [-0.39, 0.29) is 16.7 Å². The van der Waals surface area contributed by atoms with Gasteiger partial charge in [0.1, 0.15) is 11.6 Å². The van der Waals surface area contributed by atoms with Crippen LogP contribution in [0, 0.1) is 23.0 Å². The molecule has 0 spiro atoms. The summed E-state index contributed by atoms with van der Waals surface area (Å²) in [6.45, 7) is 0. The van der Waals surface area contributed by atoms with Gasteiger partial charge in [-0.3, -0.25) is 9.97 Å². The van der Waals surface area contributed by atoms with Crippen LogP contribution < -0.4 is 0 Å². The van der Waals surface area contributed by atoms with Crippen molar-refractivity contribution in [1.29, 1.82) is 5.26 Å². The van der Waals surface area contributed by atoms with Gasteiger partial charge in [-0.25, -0.2) is 8.78 Å². The first-order chi connectivity index (χ1) is 32.5. The first-order valence-corrected chi connectivity index (χ1v) is 21.7. The van der Waals surface area contributed by atoms with Gasteiger partial charge >= 0.3 is 0 Å². The molecule has 0 saturated carbocycles. The highest BCUT2D eigenvalue weighted by Crippen LogP contribution is 2.43. The van der Waals surface area contributed by atoms with Crippen LogP contribution in [0.4, 0.5) is 8.78 Å². The topological polar surface area (TPSA) is 59.4 Å². The van der Waals surface area contributed by atoms with Crippen LogP contribution in [0.15, 0.2) is 213 Å². The number of fused-ring (bicyclic) bond motifs is 6. The predicted molar refractivity (Wildman–Crippen MR) is 263 cm³/mol. The molecule has 0 bridgehead atoms. The van der Waals surface area contributed by atoms with Gasteiger partial charge in [-0.1, -0.05) is 127 Å². The Kier molecular flexibility index (Phi) is 9.18. The minimum atomic E-state index is -0.754. The Hall–Kier alpha value is -8.99. The Morgan fingerprint density at radius 3 is 1.32 bits per heavy atom. The summed E-state index contributed by atoms with van der Waals surface area (Å²) in [6, 6.07) is 67.4. The number of nitriles is 1. The number of rotatable bonds is 7. The molecule has 7 heteroatoms. The number of pyridine rings is 2. The number of hydrogen-bond donors (Lipinski definition) is 0. The number of halogens is 2. The zero-order valence-electron chi connectivity index (χ0n) is 35.2. The van der Waals surface area contributed by atoms with Gasteiger partial charge in [-0.2, -0.15) is 5.26 Å². The summed E-state index contributed by atoms with van der Waals surface area (Å²) in [5.41, 5.74) is 12.6. The molecule has 5 nitrogen and oxygen atoms in total. The predicted octanol–water partition coefficient (Wildman–Crippen LogP) is 15.2. The maximum Gasteiger partial charge on any atom is 0.134 e. The molecule has 4 heterocycles. The summed E-state index contributed by atoms with van der Waals surface area (Å²) < 4.78 is 36.3. The average Bonchev–Trinajstić information content (AvgIpc) is 3.88. The van der Waals surface area contributed by atoms with E-state index in [0.717, 1.165) is 88.4 Å². The van der Waals surface area contributed by atoms with E-state index in [0.29, 0.717) is 11.4 Å². The Morgan fingerprint density at radius 1 is 0.379 bits per heavy atom. The molecule has 0 radical (unpaired) electrons. The van der Waals surface area contributed by atoms with Crippen molar-refractivity contribution in [1.82, 2.24) is 19.1 Å². The maximum atomic E-state index is 16.0. The van der Waals surface area contributed by atoms with E-state index in [4.69, 9.17) is 9.97 Å². The smallest absolute Gasteiger partial charge is 0.134 e. The number of nitrogens with zero attached hydrogens (tertiary/aromatic N) is 5. The van der Waals surface area contributed by atoms with Gasteiger partial charge in [0.2, 0.25) is 0 Å². The van der Waals surface area contributed by atoms with Crippen molar-refractivity contribution in [3.05, 3.63) is 230 Å². The molecular formula is C59H35F2N5. The largest absolute Gasteiger partial charge is 0.307 e. The van der Waals surface area contributed by atoms with Crippen LogP contribution in [0.3, 0.4) is 0 Å². The molecule has 8 aromatic carbocycles. The molecule has 0 aliphatic rings. The molecule has 0 amide bonds. The van der Waals surface area contributed by atoms with Gasteiger partial charge < -0.3 is 9.13 Å². The number of hydrogen-bond acceptors (Lipinski definition) is 3. The van der Waals surface area contributed by atoms with E-state index < -0.39 is 11.6 Å². The third kappa shape index (κ3) is 6.35. The zero-order chi connectivity index (χ0) is 44.3. The van der Waals surface area contributed by atoms with Gasteiger partial charge in [-0.15, -0.1) is 0 Å². The molecule has 66 heavy (non-hydrogen) atoms. The molecule has 0 aliphatic carbocycles. The highest BCUT2D eigenvalue weighted by atomic mass is 19.1. The fourth-order valence-electron chi connectivity index (χ4n) is 9.56. The lowest BCUT2D eigenvalue weighted by molar-refractivity contribution is 0.589. The van der Waals surface area contributed by atoms with Crippen molar-refractivity contribution < 1.29 is 8.78 Å². The second-order valence-corrected chi connectivity index (χ2v) is 16.4. The normalized spacial score (nSPS) is 11.5. The monoisotopic (exact) mass is 851 g/mol. The first kappa shape index (κ1) is 38.7. The van der Waals surface area contributed by atoms with Crippen LogP contribution in [0.5, 0.6) is 0 Å². The van der Waals surface area contributed by atoms with E-state index in [1.54, 1.807) is 12.1 Å². The molecule has 0 fully saturated rings. The van der Waals surface area contributed by atoms with E-state index >= 15 is 8.78 Å². The molecule has 12 aromatic rings. The van der Waals surface area contributed by atoms with Crippen molar-refractivity contribution in [2.75, 3.05) is 0 Å². The van der Waals surface area contributed by atoms with Crippen LogP contribution in [0.2, 0.25) is 0 Å². The standard InChI is InChI=1S/C59H35F2N5/c60-49-18-11-19-50(61)59(49)48-35-58(66-54-21-10-8-17-45(54)47-25-23-40(33-56(47)66)42-27-29-64-52(31-42)38-14-5-2-6-15-38)57(34-43(48)36-62)65-53-20-9-7-16-44(53)46-24-22-39(32-55(46)65)41-26-28-63-51(30-41)37-12-3-1-4-13-37/h1-35H. The van der Waals surface area contributed by atoms with Crippen molar-refractivity contribution >= 4 is 43.6 Å². The average molecular weight is 852 g/mol. The maximum absolute atomic E-state index is 16.0. The molecule has 4 aromatic heterocycles. The van der Waals surface area contributed by atoms with E-state index in [9.17, 15) is 5.26 Å². The second-order valence-electron chi connectivity index (χ2n) is 16.4. The minimum absolute atomic E-state index is 0.133. The number of para-hydroxylation sites is 2. The van der Waals surface area contributed by atoms with Crippen molar-refractivity contribution in [3.63, 3.8) is 0 Å². The third-order valence-electron chi connectivity index (χ3n) is 12.6. The molecule has 0 saturated heterocycles. The van der Waals surface area contributed by atoms with Crippen LogP contribution in [0.25, 0.3) is 111 Å². The zero-order valence-corrected chi connectivity index (χ0v) is 35.2. The molecule has 0 N–H and O–H groups in total. The Morgan fingerprint density at radius 2 is 0.818 bits per heavy atom. The van der Waals surface area contributed by atoms with E-state index in [2.05, 4.69) is 100 Å². The molecule has 310 valence electrons. The van der Waals surface area contributed by atoms with Gasteiger partial charge in [0, 0.05) is 50.6 Å². The van der Waals surface area contributed by atoms with E-state index in [1.807, 2.05) is 97.3 Å². The highest BCUT2D eigenvalue weighted by molar-refractivity contribution is 6.13. The van der Waals surface area contributed by atoms with Gasteiger partial charge in [0.15, 0.2) is 0 Å². The summed E-state index contributed by atoms with van der Waals surface area (Å²) in [4.78, 5) is 9.40. The molecule has 0 aliphatic heterocycles. The highest BCUT2D eigenvalue weighted by Gasteiger charge is 2.25. The van der Waals surface area contributed by atoms with Crippen molar-refractivity contribution in [2.45, 2.75) is 0 Å². The molecule has 0 atom stereocenters. The van der Waals surface area contributed by atoms with Crippen LogP contribution in [-0.4, -0.2) is 19.1 Å². The second kappa shape index (κ2) is 15.7. The van der Waals surface area contributed by atoms with Gasteiger partial charge in [0.25, 0.3) is 0 Å². The van der Waals surface area contributed by atoms with Crippen LogP contribution >= 0.6 is 0 Å². The quantitative estimate of drug-likeness (QED) is 0.160. The van der Waals surface area contributed by atoms with Gasteiger partial charge in [0.05, 0.1) is 62.0 Å². The van der Waals surface area contributed by atoms with Crippen molar-refractivity contribution in [2.24, 2.45) is 0 Å². The fourth-order valence-corrected chi connectivity index (χ4v) is 9.56. The SMILES string of the molecule is N#Cc1cc(-n2c3ccccc3c3ccc(-c4ccnc(-c5ccccc5)c4)cc32)c(-n2c3ccccc3c3ccc(-c4ccnc(-c5ccccc5)c4)cc32)cc1-c1c(F)cccc1F. The summed E-state index contributed by atoms with van der Waals surface area (Å²) in [5.74, 6) is -1.51. The lowest BCUT2D eigenvalue weighted by Crippen LogP contribution is -2.06.